The molecule has 0 radical (unpaired) electrons. The zero-order chi connectivity index (χ0) is 11.9. The molecule has 0 spiro atoms. The third-order valence-electron chi connectivity index (χ3n) is 3.42. The van der Waals surface area contributed by atoms with Crippen LogP contribution in [-0.4, -0.2) is 30.7 Å². The lowest BCUT2D eigenvalue weighted by atomic mass is 9.92. The first-order valence-corrected chi connectivity index (χ1v) is 6.09. The van der Waals surface area contributed by atoms with Crippen molar-refractivity contribution in [3.05, 3.63) is 35.9 Å². The van der Waals surface area contributed by atoms with Crippen molar-refractivity contribution >= 4 is 0 Å². The van der Waals surface area contributed by atoms with Gasteiger partial charge in [-0.3, -0.25) is 0 Å². The second-order valence-electron chi connectivity index (χ2n) is 5.35. The van der Waals surface area contributed by atoms with Crippen LogP contribution in [0.4, 0.5) is 0 Å². The minimum atomic E-state index is -0.497. The predicted molar refractivity (Wildman–Crippen MR) is 63.7 cm³/mol. The lowest BCUT2D eigenvalue weighted by molar-refractivity contribution is -0.182. The van der Waals surface area contributed by atoms with Crippen LogP contribution >= 0.6 is 0 Å². The Balaban J connectivity index is 1.85. The summed E-state index contributed by atoms with van der Waals surface area (Å²) in [4.78, 5) is 0. The summed E-state index contributed by atoms with van der Waals surface area (Å²) < 4.78 is 17.5. The van der Waals surface area contributed by atoms with E-state index >= 15 is 0 Å². The van der Waals surface area contributed by atoms with Gasteiger partial charge in [0.15, 0.2) is 5.79 Å². The summed E-state index contributed by atoms with van der Waals surface area (Å²) >= 11 is 0. The van der Waals surface area contributed by atoms with Crippen LogP contribution in [0.5, 0.6) is 0 Å². The maximum absolute atomic E-state index is 6.12. The molecule has 0 bridgehead atoms. The van der Waals surface area contributed by atoms with E-state index in [1.54, 1.807) is 0 Å². The maximum Gasteiger partial charge on any atom is 0.164 e. The van der Waals surface area contributed by atoms with Gasteiger partial charge >= 0.3 is 0 Å². The molecule has 0 unspecified atom stereocenters. The second-order valence-corrected chi connectivity index (χ2v) is 5.35. The molecule has 2 aliphatic heterocycles. The Kier molecular flexibility index (Phi) is 2.51. The summed E-state index contributed by atoms with van der Waals surface area (Å²) in [5, 5.41) is 0. The standard InChI is InChI=1S/C14H18O3/c1-13(2)16-12-9-15-10-14(12,17-13)8-11-6-4-3-5-7-11/h3-7,12H,8-10H2,1-2H3/t12-,14+/m1/s1. The van der Waals surface area contributed by atoms with Crippen LogP contribution in [0.1, 0.15) is 19.4 Å². The molecule has 0 aliphatic carbocycles. The van der Waals surface area contributed by atoms with Crippen LogP contribution in [0.3, 0.4) is 0 Å². The zero-order valence-electron chi connectivity index (χ0n) is 10.3. The number of ether oxygens (including phenoxy) is 3. The fraction of sp³-hybridized carbons (Fsp3) is 0.571. The summed E-state index contributed by atoms with van der Waals surface area (Å²) in [7, 11) is 0. The average molecular weight is 234 g/mol. The molecule has 0 saturated carbocycles. The van der Waals surface area contributed by atoms with Crippen molar-refractivity contribution in [3.8, 4) is 0 Å². The Hall–Kier alpha value is -0.900. The first kappa shape index (κ1) is 11.2. The average Bonchev–Trinajstić information content (AvgIpc) is 2.71. The van der Waals surface area contributed by atoms with E-state index in [4.69, 9.17) is 14.2 Å². The number of benzene rings is 1. The van der Waals surface area contributed by atoms with Gasteiger partial charge in [-0.05, 0) is 19.4 Å². The van der Waals surface area contributed by atoms with Crippen LogP contribution < -0.4 is 0 Å². The molecule has 1 aromatic carbocycles. The number of hydrogen-bond donors (Lipinski definition) is 0. The van der Waals surface area contributed by atoms with E-state index in [1.165, 1.54) is 5.56 Å². The molecule has 3 nitrogen and oxygen atoms in total. The van der Waals surface area contributed by atoms with Gasteiger partial charge in [0.05, 0.1) is 13.2 Å². The van der Waals surface area contributed by atoms with Crippen LogP contribution in [-0.2, 0) is 20.6 Å². The van der Waals surface area contributed by atoms with Crippen molar-refractivity contribution < 1.29 is 14.2 Å². The fourth-order valence-electron chi connectivity index (χ4n) is 2.82. The van der Waals surface area contributed by atoms with Crippen molar-refractivity contribution in [2.24, 2.45) is 0 Å². The van der Waals surface area contributed by atoms with E-state index in [0.29, 0.717) is 13.2 Å². The van der Waals surface area contributed by atoms with Crippen molar-refractivity contribution in [2.75, 3.05) is 13.2 Å². The molecule has 2 heterocycles. The van der Waals surface area contributed by atoms with E-state index in [0.717, 1.165) is 6.42 Å². The first-order valence-electron chi connectivity index (χ1n) is 6.09. The van der Waals surface area contributed by atoms with E-state index < -0.39 is 5.79 Å². The highest BCUT2D eigenvalue weighted by atomic mass is 16.8. The van der Waals surface area contributed by atoms with Crippen LogP contribution in [0.2, 0.25) is 0 Å². The van der Waals surface area contributed by atoms with Crippen LogP contribution in [0.15, 0.2) is 30.3 Å². The molecular weight excluding hydrogens is 216 g/mol. The molecule has 0 amide bonds. The lowest BCUT2D eigenvalue weighted by Gasteiger charge is -2.27. The highest BCUT2D eigenvalue weighted by Crippen LogP contribution is 2.42. The van der Waals surface area contributed by atoms with Crippen LogP contribution in [0.25, 0.3) is 0 Å². The molecule has 2 atom stereocenters. The SMILES string of the molecule is CC1(C)O[C@@H]2COC[C@]2(Cc2ccccc2)O1. The largest absolute Gasteiger partial charge is 0.376 e. The van der Waals surface area contributed by atoms with Crippen molar-refractivity contribution in [1.82, 2.24) is 0 Å². The number of rotatable bonds is 2. The van der Waals surface area contributed by atoms with Crippen molar-refractivity contribution in [2.45, 2.75) is 37.8 Å². The summed E-state index contributed by atoms with van der Waals surface area (Å²) in [5.74, 6) is -0.497. The number of fused-ring (bicyclic) bond motifs is 1. The molecule has 2 fully saturated rings. The van der Waals surface area contributed by atoms with Gasteiger partial charge in [-0.25, -0.2) is 0 Å². The van der Waals surface area contributed by atoms with Gasteiger partial charge in [0, 0.05) is 6.42 Å². The third kappa shape index (κ3) is 1.99. The predicted octanol–water partition coefficient (Wildman–Crippen LogP) is 2.15. The van der Waals surface area contributed by atoms with Gasteiger partial charge in [0.1, 0.15) is 11.7 Å². The third-order valence-corrected chi connectivity index (χ3v) is 3.42. The monoisotopic (exact) mass is 234 g/mol. The Morgan fingerprint density at radius 2 is 2.00 bits per heavy atom. The van der Waals surface area contributed by atoms with Gasteiger partial charge in [-0.2, -0.15) is 0 Å². The van der Waals surface area contributed by atoms with Gasteiger partial charge < -0.3 is 14.2 Å². The summed E-state index contributed by atoms with van der Waals surface area (Å²) in [5.41, 5.74) is 0.967. The van der Waals surface area contributed by atoms with Crippen molar-refractivity contribution in [3.63, 3.8) is 0 Å². The lowest BCUT2D eigenvalue weighted by Crippen LogP contribution is -2.41. The Morgan fingerprint density at radius 3 is 2.76 bits per heavy atom. The maximum atomic E-state index is 6.12. The van der Waals surface area contributed by atoms with E-state index in [1.807, 2.05) is 19.9 Å². The Bertz CT molecular complexity index is 401. The summed E-state index contributed by atoms with van der Waals surface area (Å²) in [6, 6.07) is 10.4. The van der Waals surface area contributed by atoms with E-state index in [2.05, 4.69) is 24.3 Å². The van der Waals surface area contributed by atoms with E-state index in [-0.39, 0.29) is 11.7 Å². The molecule has 17 heavy (non-hydrogen) atoms. The normalized spacial score (nSPS) is 34.8. The molecule has 3 rings (SSSR count). The second kappa shape index (κ2) is 3.80. The molecule has 0 aromatic heterocycles. The minimum absolute atomic E-state index is 0.0534. The molecule has 92 valence electrons. The molecule has 1 aromatic rings. The molecule has 2 saturated heterocycles. The first-order chi connectivity index (χ1) is 8.10. The van der Waals surface area contributed by atoms with Crippen molar-refractivity contribution in [1.29, 1.82) is 0 Å². The fourth-order valence-corrected chi connectivity index (χ4v) is 2.82. The van der Waals surface area contributed by atoms with E-state index in [9.17, 15) is 0 Å². The Morgan fingerprint density at radius 1 is 1.24 bits per heavy atom. The highest BCUT2D eigenvalue weighted by Gasteiger charge is 2.56. The molecular formula is C14H18O3. The van der Waals surface area contributed by atoms with Gasteiger partial charge in [0.2, 0.25) is 0 Å². The zero-order valence-corrected chi connectivity index (χ0v) is 10.3. The molecule has 0 N–H and O–H groups in total. The van der Waals surface area contributed by atoms with Crippen LogP contribution in [0, 0.1) is 0 Å². The molecule has 3 heteroatoms. The highest BCUT2D eigenvalue weighted by molar-refractivity contribution is 5.19. The van der Waals surface area contributed by atoms with Gasteiger partial charge in [0.25, 0.3) is 0 Å². The summed E-state index contributed by atoms with van der Waals surface area (Å²) in [6.07, 6.45) is 0.903. The minimum Gasteiger partial charge on any atom is -0.376 e. The smallest absolute Gasteiger partial charge is 0.164 e. The molecule has 2 aliphatic rings. The quantitative estimate of drug-likeness (QED) is 0.784. The Labute approximate surface area is 102 Å². The van der Waals surface area contributed by atoms with Gasteiger partial charge in [-0.1, -0.05) is 30.3 Å². The number of hydrogen-bond acceptors (Lipinski definition) is 3. The topological polar surface area (TPSA) is 27.7 Å². The van der Waals surface area contributed by atoms with Gasteiger partial charge in [-0.15, -0.1) is 0 Å². The summed E-state index contributed by atoms with van der Waals surface area (Å²) in [6.45, 7) is 5.20.